The summed E-state index contributed by atoms with van der Waals surface area (Å²) in [5.74, 6) is 5.82. The fourth-order valence-corrected chi connectivity index (χ4v) is 2.56. The van der Waals surface area contributed by atoms with Crippen LogP contribution in [-0.4, -0.2) is 6.61 Å². The number of allylic oxidation sites excluding steroid dienone is 1. The quantitative estimate of drug-likeness (QED) is 0.492. The minimum absolute atomic E-state index is 0.0614. The van der Waals surface area contributed by atoms with Crippen LogP contribution in [0.25, 0.3) is 0 Å². The minimum atomic E-state index is -2.80. The summed E-state index contributed by atoms with van der Waals surface area (Å²) >= 11 is 0. The first kappa shape index (κ1) is 14.9. The second-order valence-corrected chi connectivity index (χ2v) is 4.93. The minimum Gasteiger partial charge on any atom is -0.435 e. The molecule has 3 N–H and O–H groups in total. The third-order valence-corrected chi connectivity index (χ3v) is 3.55. The number of hydrogen-bond donors (Lipinski definition) is 2. The lowest BCUT2D eigenvalue weighted by Gasteiger charge is -2.20. The summed E-state index contributed by atoms with van der Waals surface area (Å²) in [6.07, 6.45) is 7.93. The molecule has 0 aliphatic heterocycles. The van der Waals surface area contributed by atoms with E-state index in [9.17, 15) is 8.78 Å². The number of benzene rings is 1. The van der Waals surface area contributed by atoms with E-state index in [1.165, 1.54) is 18.4 Å². The summed E-state index contributed by atoms with van der Waals surface area (Å²) in [5.41, 5.74) is 5.05. The highest BCUT2D eigenvalue weighted by molar-refractivity contribution is 5.33. The number of hydrazine groups is 1. The fourth-order valence-electron chi connectivity index (χ4n) is 2.56. The maximum atomic E-state index is 12.1. The zero-order valence-corrected chi connectivity index (χ0v) is 11.3. The van der Waals surface area contributed by atoms with Gasteiger partial charge in [0.05, 0.1) is 6.04 Å². The molecule has 20 heavy (non-hydrogen) atoms. The smallest absolute Gasteiger partial charge is 0.387 e. The van der Waals surface area contributed by atoms with Gasteiger partial charge in [-0.25, -0.2) is 5.43 Å². The van der Waals surface area contributed by atoms with Crippen LogP contribution in [0.4, 0.5) is 8.78 Å². The van der Waals surface area contributed by atoms with Gasteiger partial charge in [-0.3, -0.25) is 5.84 Å². The van der Waals surface area contributed by atoms with Crippen LogP contribution in [0, 0.1) is 0 Å². The number of nitrogens with two attached hydrogens (primary N) is 1. The van der Waals surface area contributed by atoms with Crippen molar-refractivity contribution in [1.82, 2.24) is 5.43 Å². The van der Waals surface area contributed by atoms with E-state index >= 15 is 0 Å². The van der Waals surface area contributed by atoms with Crippen molar-refractivity contribution in [2.45, 2.75) is 44.8 Å². The van der Waals surface area contributed by atoms with Gasteiger partial charge in [-0.05, 0) is 43.4 Å². The monoisotopic (exact) mass is 282 g/mol. The SMILES string of the molecule is NNC(C1=CCCCCC1)c1ccc(OC(F)F)cc1. The van der Waals surface area contributed by atoms with Gasteiger partial charge in [0, 0.05) is 0 Å². The first-order valence-electron chi connectivity index (χ1n) is 6.90. The van der Waals surface area contributed by atoms with Gasteiger partial charge < -0.3 is 4.74 Å². The Hall–Kier alpha value is -1.46. The third kappa shape index (κ3) is 4.02. The lowest BCUT2D eigenvalue weighted by atomic mass is 9.95. The van der Waals surface area contributed by atoms with E-state index < -0.39 is 6.61 Å². The number of hydrogen-bond acceptors (Lipinski definition) is 3. The van der Waals surface area contributed by atoms with Crippen molar-refractivity contribution in [2.75, 3.05) is 0 Å². The van der Waals surface area contributed by atoms with E-state index in [-0.39, 0.29) is 11.8 Å². The molecule has 1 aliphatic carbocycles. The zero-order valence-electron chi connectivity index (χ0n) is 11.3. The molecule has 110 valence electrons. The van der Waals surface area contributed by atoms with Crippen LogP contribution in [0.15, 0.2) is 35.9 Å². The summed E-state index contributed by atoms with van der Waals surface area (Å²) in [4.78, 5) is 0. The Morgan fingerprint density at radius 2 is 1.85 bits per heavy atom. The highest BCUT2D eigenvalue weighted by atomic mass is 19.3. The predicted octanol–water partition coefficient (Wildman–Crippen LogP) is 3.68. The van der Waals surface area contributed by atoms with E-state index in [0.29, 0.717) is 0 Å². The van der Waals surface area contributed by atoms with Gasteiger partial charge in [-0.1, -0.05) is 30.2 Å². The number of ether oxygens (including phenoxy) is 1. The molecule has 3 nitrogen and oxygen atoms in total. The van der Waals surface area contributed by atoms with Crippen molar-refractivity contribution in [2.24, 2.45) is 5.84 Å². The first-order valence-corrected chi connectivity index (χ1v) is 6.90. The van der Waals surface area contributed by atoms with Crippen LogP contribution in [0.5, 0.6) is 5.75 Å². The lowest BCUT2D eigenvalue weighted by Crippen LogP contribution is -2.29. The number of rotatable bonds is 5. The molecule has 1 unspecified atom stereocenters. The second kappa shape index (κ2) is 7.36. The Labute approximate surface area is 117 Å². The highest BCUT2D eigenvalue weighted by Gasteiger charge is 2.16. The summed E-state index contributed by atoms with van der Waals surface area (Å²) in [7, 11) is 0. The number of alkyl halides is 2. The topological polar surface area (TPSA) is 47.3 Å². The van der Waals surface area contributed by atoms with Gasteiger partial charge >= 0.3 is 6.61 Å². The molecule has 0 aromatic heterocycles. The van der Waals surface area contributed by atoms with E-state index in [4.69, 9.17) is 5.84 Å². The Kier molecular flexibility index (Phi) is 5.49. The van der Waals surface area contributed by atoms with Gasteiger partial charge in [-0.2, -0.15) is 8.78 Å². The molecule has 0 saturated heterocycles. The molecule has 2 rings (SSSR count). The molecule has 0 bridgehead atoms. The maximum absolute atomic E-state index is 12.1. The average molecular weight is 282 g/mol. The molecule has 0 radical (unpaired) electrons. The normalized spacial score (nSPS) is 17.5. The molecule has 0 saturated carbocycles. The number of nitrogens with one attached hydrogen (secondary N) is 1. The van der Waals surface area contributed by atoms with Crippen LogP contribution in [0.3, 0.4) is 0 Å². The Balaban J connectivity index is 2.12. The third-order valence-electron chi connectivity index (χ3n) is 3.55. The second-order valence-electron chi connectivity index (χ2n) is 4.93. The molecule has 1 atom stereocenters. The lowest BCUT2D eigenvalue weighted by molar-refractivity contribution is -0.0498. The molecular weight excluding hydrogens is 262 g/mol. The maximum Gasteiger partial charge on any atom is 0.387 e. The van der Waals surface area contributed by atoms with Crippen molar-refractivity contribution >= 4 is 0 Å². The van der Waals surface area contributed by atoms with Crippen LogP contribution >= 0.6 is 0 Å². The summed E-state index contributed by atoms with van der Waals surface area (Å²) in [6, 6.07) is 6.57. The molecule has 1 aliphatic rings. The van der Waals surface area contributed by atoms with Crippen molar-refractivity contribution in [3.05, 3.63) is 41.5 Å². The first-order chi connectivity index (χ1) is 9.70. The van der Waals surface area contributed by atoms with Gasteiger partial charge in [0.1, 0.15) is 5.75 Å². The van der Waals surface area contributed by atoms with Gasteiger partial charge in [0.2, 0.25) is 0 Å². The average Bonchev–Trinajstić information content (AvgIpc) is 2.70. The standard InChI is InChI=1S/C15H20F2N2O/c16-15(17)20-13-9-7-12(8-10-13)14(19-18)11-5-3-1-2-4-6-11/h5,7-10,14-15,19H,1-4,6,18H2. The van der Waals surface area contributed by atoms with E-state index in [0.717, 1.165) is 24.8 Å². The molecule has 0 spiro atoms. The van der Waals surface area contributed by atoms with Crippen LogP contribution in [0.1, 0.15) is 43.7 Å². The Morgan fingerprint density at radius 1 is 1.10 bits per heavy atom. The molecule has 0 fully saturated rings. The van der Waals surface area contributed by atoms with E-state index in [1.807, 2.05) is 0 Å². The van der Waals surface area contributed by atoms with Gasteiger partial charge in [0.15, 0.2) is 0 Å². The summed E-state index contributed by atoms with van der Waals surface area (Å²) < 4.78 is 28.6. The number of halogens is 2. The molecule has 5 heteroatoms. The van der Waals surface area contributed by atoms with Crippen molar-refractivity contribution in [3.63, 3.8) is 0 Å². The van der Waals surface area contributed by atoms with Gasteiger partial charge in [-0.15, -0.1) is 0 Å². The Morgan fingerprint density at radius 3 is 2.50 bits per heavy atom. The predicted molar refractivity (Wildman–Crippen MR) is 74.3 cm³/mol. The largest absolute Gasteiger partial charge is 0.435 e. The van der Waals surface area contributed by atoms with Gasteiger partial charge in [0.25, 0.3) is 0 Å². The molecule has 1 aromatic carbocycles. The Bertz CT molecular complexity index is 446. The van der Waals surface area contributed by atoms with Crippen molar-refractivity contribution in [3.8, 4) is 5.75 Å². The van der Waals surface area contributed by atoms with Crippen LogP contribution in [0.2, 0.25) is 0 Å². The summed E-state index contributed by atoms with van der Waals surface area (Å²) in [5, 5.41) is 0. The molecule has 1 aromatic rings. The fraction of sp³-hybridized carbons (Fsp3) is 0.467. The van der Waals surface area contributed by atoms with Crippen molar-refractivity contribution < 1.29 is 13.5 Å². The molecule has 0 heterocycles. The zero-order chi connectivity index (χ0) is 14.4. The van der Waals surface area contributed by atoms with Crippen molar-refractivity contribution in [1.29, 1.82) is 0 Å². The summed E-state index contributed by atoms with van der Waals surface area (Å²) in [6.45, 7) is -2.80. The van der Waals surface area contributed by atoms with Crippen LogP contribution in [-0.2, 0) is 0 Å². The van der Waals surface area contributed by atoms with E-state index in [1.54, 1.807) is 24.3 Å². The van der Waals surface area contributed by atoms with Crippen LogP contribution < -0.4 is 16.0 Å². The molecule has 0 amide bonds. The van der Waals surface area contributed by atoms with E-state index in [2.05, 4.69) is 16.2 Å². The molecular formula is C15H20F2N2O. The highest BCUT2D eigenvalue weighted by Crippen LogP contribution is 2.29.